The SMILES string of the molecule is CCn1c(S[C@@H](C)C(=O)NCc2ccccc2)nc2cc(S(=O)(=O)N3CCCCC3)ccc21. The molecule has 3 aromatic rings. The maximum Gasteiger partial charge on any atom is 0.243 e. The van der Waals surface area contributed by atoms with Crippen LogP contribution in [0.5, 0.6) is 0 Å². The van der Waals surface area contributed by atoms with Crippen LogP contribution in [0.25, 0.3) is 11.0 Å². The molecule has 1 atom stereocenters. The van der Waals surface area contributed by atoms with Crippen molar-refractivity contribution in [2.75, 3.05) is 13.1 Å². The molecular weight excluding hydrogens is 456 g/mol. The molecule has 0 unspecified atom stereocenters. The van der Waals surface area contributed by atoms with Crippen molar-refractivity contribution in [2.24, 2.45) is 0 Å². The molecule has 1 amide bonds. The molecule has 0 radical (unpaired) electrons. The highest BCUT2D eigenvalue weighted by Crippen LogP contribution is 2.30. The Morgan fingerprint density at radius 3 is 2.55 bits per heavy atom. The van der Waals surface area contributed by atoms with Gasteiger partial charge in [-0.2, -0.15) is 4.31 Å². The zero-order valence-electron chi connectivity index (χ0n) is 19.0. The minimum Gasteiger partial charge on any atom is -0.351 e. The van der Waals surface area contributed by atoms with Crippen molar-refractivity contribution >= 4 is 38.7 Å². The second-order valence-electron chi connectivity index (χ2n) is 8.22. The van der Waals surface area contributed by atoms with E-state index in [9.17, 15) is 13.2 Å². The van der Waals surface area contributed by atoms with Gasteiger partial charge in [0.25, 0.3) is 0 Å². The minimum absolute atomic E-state index is 0.0630. The van der Waals surface area contributed by atoms with E-state index in [1.807, 2.05) is 54.8 Å². The number of carbonyl (C=O) groups excluding carboxylic acids is 1. The summed E-state index contributed by atoms with van der Waals surface area (Å²) in [5.41, 5.74) is 2.55. The molecule has 1 aliphatic heterocycles. The van der Waals surface area contributed by atoms with Crippen molar-refractivity contribution in [1.29, 1.82) is 0 Å². The number of piperidine rings is 1. The number of imidazole rings is 1. The lowest BCUT2D eigenvalue weighted by molar-refractivity contribution is -0.120. The number of hydrogen-bond donors (Lipinski definition) is 1. The van der Waals surface area contributed by atoms with E-state index >= 15 is 0 Å². The van der Waals surface area contributed by atoms with Gasteiger partial charge >= 0.3 is 0 Å². The summed E-state index contributed by atoms with van der Waals surface area (Å²) in [6.45, 7) is 6.17. The standard InChI is InChI=1S/C24H30N4O3S2/c1-3-28-22-13-12-20(33(30,31)27-14-8-5-9-15-27)16-21(22)26-24(28)32-18(2)23(29)25-17-19-10-6-4-7-11-19/h4,6-7,10-13,16,18H,3,5,8-9,14-15,17H2,1-2H3,(H,25,29)/t18-/m0/s1. The van der Waals surface area contributed by atoms with Gasteiger partial charge in [-0.1, -0.05) is 48.5 Å². The molecule has 2 heterocycles. The molecule has 0 spiro atoms. The van der Waals surface area contributed by atoms with Crippen molar-refractivity contribution in [2.45, 2.75) is 61.5 Å². The van der Waals surface area contributed by atoms with Gasteiger partial charge in [0.15, 0.2) is 5.16 Å². The molecule has 1 aliphatic rings. The molecular formula is C24H30N4O3S2. The number of aromatic nitrogens is 2. The van der Waals surface area contributed by atoms with Crippen molar-refractivity contribution in [3.05, 3.63) is 54.1 Å². The first-order valence-electron chi connectivity index (χ1n) is 11.4. The smallest absolute Gasteiger partial charge is 0.243 e. The van der Waals surface area contributed by atoms with Crippen LogP contribution in [0.1, 0.15) is 38.7 Å². The summed E-state index contributed by atoms with van der Waals surface area (Å²) in [5, 5.41) is 3.34. The summed E-state index contributed by atoms with van der Waals surface area (Å²) in [6.07, 6.45) is 2.87. The summed E-state index contributed by atoms with van der Waals surface area (Å²) in [6, 6.07) is 15.0. The summed E-state index contributed by atoms with van der Waals surface area (Å²) in [4.78, 5) is 17.6. The highest BCUT2D eigenvalue weighted by Gasteiger charge is 2.27. The van der Waals surface area contributed by atoms with Crippen LogP contribution < -0.4 is 5.32 Å². The first kappa shape index (κ1) is 23.8. The Morgan fingerprint density at radius 1 is 1.12 bits per heavy atom. The van der Waals surface area contributed by atoms with Crippen molar-refractivity contribution < 1.29 is 13.2 Å². The highest BCUT2D eigenvalue weighted by molar-refractivity contribution is 8.00. The van der Waals surface area contributed by atoms with Gasteiger partial charge in [-0.05, 0) is 50.5 Å². The molecule has 0 bridgehead atoms. The van der Waals surface area contributed by atoms with Crippen LogP contribution in [0.2, 0.25) is 0 Å². The number of benzene rings is 2. The molecule has 176 valence electrons. The Labute approximate surface area is 199 Å². The molecule has 0 aliphatic carbocycles. The number of aryl methyl sites for hydroxylation is 1. The number of amides is 1. The maximum atomic E-state index is 13.1. The van der Waals surface area contributed by atoms with Gasteiger partial charge in [-0.3, -0.25) is 4.79 Å². The average molecular weight is 487 g/mol. The molecule has 7 nitrogen and oxygen atoms in total. The topological polar surface area (TPSA) is 84.3 Å². The molecule has 1 aromatic heterocycles. The van der Waals surface area contributed by atoms with E-state index in [1.54, 1.807) is 16.4 Å². The fraction of sp³-hybridized carbons (Fsp3) is 0.417. The number of fused-ring (bicyclic) bond motifs is 1. The minimum atomic E-state index is -3.52. The lowest BCUT2D eigenvalue weighted by atomic mass is 10.2. The Morgan fingerprint density at radius 2 is 1.85 bits per heavy atom. The Bertz CT molecular complexity index is 1220. The number of nitrogens with zero attached hydrogens (tertiary/aromatic N) is 3. The third kappa shape index (κ3) is 5.26. The van der Waals surface area contributed by atoms with Crippen molar-refractivity contribution in [3.63, 3.8) is 0 Å². The van der Waals surface area contributed by atoms with Crippen molar-refractivity contribution in [3.8, 4) is 0 Å². The van der Waals surface area contributed by atoms with Crippen LogP contribution in [0.15, 0.2) is 58.6 Å². The van der Waals surface area contributed by atoms with Crippen LogP contribution >= 0.6 is 11.8 Å². The first-order valence-corrected chi connectivity index (χ1v) is 13.7. The van der Waals surface area contributed by atoms with E-state index < -0.39 is 10.0 Å². The van der Waals surface area contributed by atoms with Gasteiger partial charge in [0.2, 0.25) is 15.9 Å². The Hall–Kier alpha value is -2.36. The van der Waals surface area contributed by atoms with E-state index in [0.717, 1.165) is 30.3 Å². The van der Waals surface area contributed by atoms with E-state index in [4.69, 9.17) is 4.98 Å². The quantitative estimate of drug-likeness (QED) is 0.486. The van der Waals surface area contributed by atoms with Gasteiger partial charge in [0, 0.05) is 26.2 Å². The second-order valence-corrected chi connectivity index (χ2v) is 11.5. The molecule has 9 heteroatoms. The lowest BCUT2D eigenvalue weighted by Gasteiger charge is -2.25. The third-order valence-corrected chi connectivity index (χ3v) is 8.90. The molecule has 4 rings (SSSR count). The van der Waals surface area contributed by atoms with E-state index in [2.05, 4.69) is 5.32 Å². The van der Waals surface area contributed by atoms with Gasteiger partial charge in [0.1, 0.15) is 0 Å². The summed E-state index contributed by atoms with van der Waals surface area (Å²) >= 11 is 1.39. The number of sulfonamides is 1. The number of thioether (sulfide) groups is 1. The number of hydrogen-bond acceptors (Lipinski definition) is 5. The van der Waals surface area contributed by atoms with Crippen LogP contribution in [0, 0.1) is 0 Å². The Balaban J connectivity index is 1.52. The predicted molar refractivity (Wildman–Crippen MR) is 132 cm³/mol. The second kappa shape index (κ2) is 10.3. The molecule has 0 saturated carbocycles. The average Bonchev–Trinajstić information content (AvgIpc) is 3.19. The van der Waals surface area contributed by atoms with E-state index in [-0.39, 0.29) is 16.1 Å². The highest BCUT2D eigenvalue weighted by atomic mass is 32.2. The van der Waals surface area contributed by atoms with Crippen molar-refractivity contribution in [1.82, 2.24) is 19.2 Å². The number of carbonyl (C=O) groups is 1. The molecule has 2 aromatic carbocycles. The van der Waals surface area contributed by atoms with Gasteiger partial charge in [-0.25, -0.2) is 13.4 Å². The van der Waals surface area contributed by atoms with Gasteiger partial charge in [0.05, 0.1) is 21.2 Å². The fourth-order valence-electron chi connectivity index (χ4n) is 4.04. The van der Waals surface area contributed by atoms with Crippen LogP contribution in [0.3, 0.4) is 0 Å². The first-order chi connectivity index (χ1) is 15.9. The number of nitrogens with one attached hydrogen (secondary N) is 1. The van der Waals surface area contributed by atoms with E-state index in [0.29, 0.717) is 36.9 Å². The third-order valence-electron chi connectivity index (χ3n) is 5.91. The molecule has 1 saturated heterocycles. The van der Waals surface area contributed by atoms with E-state index in [1.165, 1.54) is 11.8 Å². The lowest BCUT2D eigenvalue weighted by Crippen LogP contribution is -2.35. The molecule has 33 heavy (non-hydrogen) atoms. The van der Waals surface area contributed by atoms with Crippen LogP contribution in [-0.4, -0.2) is 46.5 Å². The number of rotatable bonds is 8. The van der Waals surface area contributed by atoms with Crippen LogP contribution in [-0.2, 0) is 27.9 Å². The summed E-state index contributed by atoms with van der Waals surface area (Å²) in [5.74, 6) is -0.0630. The van der Waals surface area contributed by atoms with Gasteiger partial charge in [-0.15, -0.1) is 0 Å². The predicted octanol–water partition coefficient (Wildman–Crippen LogP) is 4.03. The summed E-state index contributed by atoms with van der Waals surface area (Å²) < 4.78 is 29.8. The normalized spacial score (nSPS) is 16.1. The van der Waals surface area contributed by atoms with Crippen LogP contribution in [0.4, 0.5) is 0 Å². The molecule has 1 fully saturated rings. The largest absolute Gasteiger partial charge is 0.351 e. The monoisotopic (exact) mass is 486 g/mol. The maximum absolute atomic E-state index is 13.1. The summed E-state index contributed by atoms with van der Waals surface area (Å²) in [7, 11) is -3.52. The fourth-order valence-corrected chi connectivity index (χ4v) is 6.59. The zero-order chi connectivity index (χ0) is 23.4. The molecule has 1 N–H and O–H groups in total. The van der Waals surface area contributed by atoms with Gasteiger partial charge < -0.3 is 9.88 Å². The Kier molecular flexibility index (Phi) is 7.41. The zero-order valence-corrected chi connectivity index (χ0v) is 20.7.